The molecule has 0 amide bonds. The summed E-state index contributed by atoms with van der Waals surface area (Å²) in [6.45, 7) is 0.754. The van der Waals surface area contributed by atoms with Crippen LogP contribution < -0.4 is 0 Å². The van der Waals surface area contributed by atoms with Crippen molar-refractivity contribution in [2.24, 2.45) is 5.92 Å². The standard InChI is InChI=1S/C19H30O9/c20-9-8-15(21)6-7-18(23)26-10-2-1-5-17(22)27-11-3-4-14(19(24)25)12-16-13-28-16/h14,16,20H,1-13H2,(H,24,25). The SMILES string of the molecule is O=C(CCO)CCC(=O)OCCCCC(=O)OCCCC(CC1CO1)C(=O)O. The number of Topliss-reactive ketones (excluding diaryl/α,β-unsaturated/α-hetero) is 1. The molecule has 9 heteroatoms. The number of ketones is 1. The summed E-state index contributed by atoms with van der Waals surface area (Å²) >= 11 is 0. The first-order valence-corrected chi connectivity index (χ1v) is 9.70. The van der Waals surface area contributed by atoms with Crippen molar-refractivity contribution >= 4 is 23.7 Å². The van der Waals surface area contributed by atoms with E-state index < -0.39 is 17.9 Å². The van der Waals surface area contributed by atoms with Crippen LogP contribution in [0.5, 0.6) is 0 Å². The van der Waals surface area contributed by atoms with Crippen LogP contribution in [-0.4, -0.2) is 66.4 Å². The minimum absolute atomic E-state index is 0.00885. The number of hydrogen-bond acceptors (Lipinski definition) is 8. The number of epoxide rings is 1. The zero-order chi connectivity index (χ0) is 20.8. The maximum Gasteiger partial charge on any atom is 0.306 e. The van der Waals surface area contributed by atoms with Gasteiger partial charge in [-0.2, -0.15) is 0 Å². The maximum absolute atomic E-state index is 11.6. The van der Waals surface area contributed by atoms with Crippen LogP contribution in [0.4, 0.5) is 0 Å². The molecule has 0 spiro atoms. The summed E-state index contributed by atoms with van der Waals surface area (Å²) in [5, 5.41) is 17.7. The Morgan fingerprint density at radius 3 is 2.18 bits per heavy atom. The van der Waals surface area contributed by atoms with Crippen molar-refractivity contribution in [3.63, 3.8) is 0 Å². The van der Waals surface area contributed by atoms with Gasteiger partial charge in [-0.25, -0.2) is 0 Å². The Hall–Kier alpha value is -2.00. The summed E-state index contributed by atoms with van der Waals surface area (Å²) in [6.07, 6.45) is 2.79. The number of unbranched alkanes of at least 4 members (excludes halogenated alkanes) is 1. The van der Waals surface area contributed by atoms with Gasteiger partial charge in [0.1, 0.15) is 5.78 Å². The summed E-state index contributed by atoms with van der Waals surface area (Å²) in [6, 6.07) is 0. The monoisotopic (exact) mass is 402 g/mol. The molecule has 0 radical (unpaired) electrons. The summed E-state index contributed by atoms with van der Waals surface area (Å²) in [5.74, 6) is -2.34. The van der Waals surface area contributed by atoms with Gasteiger partial charge in [0.2, 0.25) is 0 Å². The molecule has 2 unspecified atom stereocenters. The van der Waals surface area contributed by atoms with E-state index in [0.717, 1.165) is 0 Å². The Morgan fingerprint density at radius 1 is 0.929 bits per heavy atom. The first-order chi connectivity index (χ1) is 13.4. The minimum atomic E-state index is -0.853. The number of carboxylic acids is 1. The van der Waals surface area contributed by atoms with Crippen molar-refractivity contribution in [1.82, 2.24) is 0 Å². The van der Waals surface area contributed by atoms with Crippen molar-refractivity contribution in [2.45, 2.75) is 63.9 Å². The Balaban J connectivity index is 1.96. The fraction of sp³-hybridized carbons (Fsp3) is 0.789. The zero-order valence-corrected chi connectivity index (χ0v) is 16.1. The van der Waals surface area contributed by atoms with Gasteiger partial charge >= 0.3 is 17.9 Å². The van der Waals surface area contributed by atoms with Gasteiger partial charge in [0.25, 0.3) is 0 Å². The van der Waals surface area contributed by atoms with Gasteiger partial charge in [-0.3, -0.25) is 19.2 Å². The van der Waals surface area contributed by atoms with Crippen LogP contribution >= 0.6 is 0 Å². The second kappa shape index (κ2) is 14.1. The highest BCUT2D eigenvalue weighted by molar-refractivity contribution is 5.82. The molecule has 0 saturated carbocycles. The van der Waals surface area contributed by atoms with Gasteiger partial charge in [0.15, 0.2) is 0 Å². The molecular formula is C19H30O9. The average molecular weight is 402 g/mol. The normalized spacial score (nSPS) is 16.2. The molecule has 0 aromatic heterocycles. The van der Waals surface area contributed by atoms with Crippen molar-refractivity contribution in [2.75, 3.05) is 26.4 Å². The fourth-order valence-electron chi connectivity index (χ4n) is 2.57. The molecule has 2 N–H and O–H groups in total. The lowest BCUT2D eigenvalue weighted by molar-refractivity contribution is -0.145. The smallest absolute Gasteiger partial charge is 0.306 e. The maximum atomic E-state index is 11.6. The largest absolute Gasteiger partial charge is 0.481 e. The van der Waals surface area contributed by atoms with Crippen LogP contribution in [0, 0.1) is 5.92 Å². The molecule has 1 heterocycles. The van der Waals surface area contributed by atoms with Crippen molar-refractivity contribution in [3.05, 3.63) is 0 Å². The molecule has 0 aromatic carbocycles. The van der Waals surface area contributed by atoms with Gasteiger partial charge in [-0.1, -0.05) is 0 Å². The third-order valence-corrected chi connectivity index (χ3v) is 4.30. The van der Waals surface area contributed by atoms with Gasteiger partial charge in [-0.05, 0) is 32.1 Å². The number of carbonyl (C=O) groups excluding carboxylic acids is 3. The lowest BCUT2D eigenvalue weighted by atomic mass is 9.98. The van der Waals surface area contributed by atoms with Crippen LogP contribution in [0.25, 0.3) is 0 Å². The van der Waals surface area contributed by atoms with E-state index in [0.29, 0.717) is 38.7 Å². The molecule has 1 fully saturated rings. The number of ether oxygens (including phenoxy) is 3. The topological polar surface area (TPSA) is 140 Å². The van der Waals surface area contributed by atoms with Crippen molar-refractivity contribution in [3.8, 4) is 0 Å². The number of carbonyl (C=O) groups is 4. The fourth-order valence-corrected chi connectivity index (χ4v) is 2.57. The molecule has 1 aliphatic rings. The summed E-state index contributed by atoms with van der Waals surface area (Å²) in [5.41, 5.74) is 0. The minimum Gasteiger partial charge on any atom is -0.481 e. The van der Waals surface area contributed by atoms with E-state index >= 15 is 0 Å². The molecule has 1 rings (SSSR count). The molecular weight excluding hydrogens is 372 g/mol. The molecule has 0 aliphatic carbocycles. The number of esters is 2. The highest BCUT2D eigenvalue weighted by atomic mass is 16.6. The van der Waals surface area contributed by atoms with E-state index in [9.17, 15) is 19.2 Å². The lowest BCUT2D eigenvalue weighted by Gasteiger charge is -2.11. The van der Waals surface area contributed by atoms with Crippen LogP contribution in [-0.2, 0) is 33.4 Å². The Bertz CT molecular complexity index is 514. The zero-order valence-electron chi connectivity index (χ0n) is 16.1. The van der Waals surface area contributed by atoms with E-state index in [4.69, 9.17) is 24.4 Å². The second-order valence-electron chi connectivity index (χ2n) is 6.78. The predicted octanol–water partition coefficient (Wildman–Crippen LogP) is 1.24. The highest BCUT2D eigenvalue weighted by Gasteiger charge is 2.29. The number of aliphatic hydroxyl groups excluding tert-OH is 1. The second-order valence-corrected chi connectivity index (χ2v) is 6.78. The van der Waals surface area contributed by atoms with Gasteiger partial charge in [0, 0.05) is 25.9 Å². The molecule has 1 saturated heterocycles. The third kappa shape index (κ3) is 12.4. The van der Waals surface area contributed by atoms with E-state index in [1.165, 1.54) is 0 Å². The predicted molar refractivity (Wildman–Crippen MR) is 96.4 cm³/mol. The first kappa shape index (κ1) is 24.0. The first-order valence-electron chi connectivity index (χ1n) is 9.70. The van der Waals surface area contributed by atoms with Crippen molar-refractivity contribution < 1.29 is 43.6 Å². The number of carboxylic acid groups (broad SMARTS) is 1. The molecule has 0 bridgehead atoms. The van der Waals surface area contributed by atoms with E-state index in [-0.39, 0.29) is 63.4 Å². The van der Waals surface area contributed by atoms with Crippen LogP contribution in [0.15, 0.2) is 0 Å². The molecule has 9 nitrogen and oxygen atoms in total. The Morgan fingerprint density at radius 2 is 1.57 bits per heavy atom. The number of aliphatic carboxylic acids is 1. The highest BCUT2D eigenvalue weighted by Crippen LogP contribution is 2.23. The molecule has 28 heavy (non-hydrogen) atoms. The van der Waals surface area contributed by atoms with E-state index in [2.05, 4.69) is 0 Å². The quantitative estimate of drug-likeness (QED) is 0.209. The average Bonchev–Trinajstić information content (AvgIpc) is 3.46. The molecule has 2 atom stereocenters. The van der Waals surface area contributed by atoms with Gasteiger partial charge in [0.05, 0.1) is 38.3 Å². The molecule has 0 aromatic rings. The van der Waals surface area contributed by atoms with Crippen molar-refractivity contribution in [1.29, 1.82) is 0 Å². The summed E-state index contributed by atoms with van der Waals surface area (Å²) in [4.78, 5) is 45.3. The van der Waals surface area contributed by atoms with E-state index in [1.807, 2.05) is 0 Å². The number of hydrogen-bond donors (Lipinski definition) is 2. The summed E-state index contributed by atoms with van der Waals surface area (Å²) in [7, 11) is 0. The lowest BCUT2D eigenvalue weighted by Crippen LogP contribution is -2.17. The molecule has 160 valence electrons. The van der Waals surface area contributed by atoms with Crippen LogP contribution in [0.3, 0.4) is 0 Å². The number of rotatable bonds is 17. The Labute approximate surface area is 164 Å². The van der Waals surface area contributed by atoms with Crippen LogP contribution in [0.1, 0.15) is 57.8 Å². The van der Waals surface area contributed by atoms with Gasteiger partial charge in [-0.15, -0.1) is 0 Å². The van der Waals surface area contributed by atoms with Crippen LogP contribution in [0.2, 0.25) is 0 Å². The summed E-state index contributed by atoms with van der Waals surface area (Å²) < 4.78 is 15.1. The van der Waals surface area contributed by atoms with E-state index in [1.54, 1.807) is 0 Å². The molecule has 1 aliphatic heterocycles. The third-order valence-electron chi connectivity index (χ3n) is 4.30. The van der Waals surface area contributed by atoms with Gasteiger partial charge < -0.3 is 24.4 Å². The number of aliphatic hydroxyl groups is 1. The Kier molecular flexibility index (Phi) is 12.1.